The number of hydrogen-bond donors (Lipinski definition) is 0. The Labute approximate surface area is 164 Å². The second kappa shape index (κ2) is 8.75. The van der Waals surface area contributed by atoms with Crippen molar-refractivity contribution in [3.63, 3.8) is 0 Å². The van der Waals surface area contributed by atoms with E-state index in [0.29, 0.717) is 19.2 Å². The van der Waals surface area contributed by atoms with E-state index in [2.05, 4.69) is 10.00 Å². The smallest absolute Gasteiger partial charge is 0.267 e. The lowest BCUT2D eigenvalue weighted by Crippen LogP contribution is -2.43. The topological polar surface area (TPSA) is 67.7 Å². The molecule has 1 aromatic heterocycles. The number of aromatic nitrogens is 2. The Kier molecular flexibility index (Phi) is 6.14. The molecular weight excluding hydrogens is 364 g/mol. The highest BCUT2D eigenvalue weighted by Crippen LogP contribution is 2.22. The molecule has 1 aromatic rings. The van der Waals surface area contributed by atoms with E-state index < -0.39 is 0 Å². The number of fused-ring (bicyclic) bond motifs is 1. The predicted molar refractivity (Wildman–Crippen MR) is 105 cm³/mol. The molecule has 3 aliphatic heterocycles. The van der Waals surface area contributed by atoms with Crippen molar-refractivity contribution in [3.8, 4) is 0 Å². The normalized spacial score (nSPS) is 24.1. The first-order chi connectivity index (χ1) is 13.2. The Morgan fingerprint density at radius 3 is 3.07 bits per heavy atom. The summed E-state index contributed by atoms with van der Waals surface area (Å²) in [7, 11) is 0. The maximum absolute atomic E-state index is 12.5. The lowest BCUT2D eigenvalue weighted by Gasteiger charge is -2.28. The van der Waals surface area contributed by atoms with Crippen LogP contribution in [0.1, 0.15) is 30.5 Å². The van der Waals surface area contributed by atoms with Gasteiger partial charge in [-0.1, -0.05) is 0 Å². The number of rotatable bonds is 5. The first kappa shape index (κ1) is 19.0. The summed E-state index contributed by atoms with van der Waals surface area (Å²) in [6.45, 7) is 4.92. The van der Waals surface area contributed by atoms with Gasteiger partial charge in [0.05, 0.1) is 12.2 Å². The molecule has 1 amide bonds. The number of likely N-dealkylation sites (tertiary alicyclic amines) is 1. The van der Waals surface area contributed by atoms with Crippen molar-refractivity contribution in [1.29, 1.82) is 0 Å². The van der Waals surface area contributed by atoms with Gasteiger partial charge in [-0.2, -0.15) is 16.9 Å². The van der Waals surface area contributed by atoms with Crippen LogP contribution >= 0.6 is 11.8 Å². The number of carbonyl (C=O) groups excluding carboxylic acids is 1. The van der Waals surface area contributed by atoms with Gasteiger partial charge >= 0.3 is 0 Å². The minimum absolute atomic E-state index is 0.0166. The Bertz CT molecular complexity index is 738. The Morgan fingerprint density at radius 1 is 1.22 bits per heavy atom. The molecule has 1 atom stereocenters. The largest absolute Gasteiger partial charge is 0.372 e. The molecule has 0 radical (unpaired) electrons. The average molecular weight is 393 g/mol. The lowest BCUT2D eigenvalue weighted by molar-refractivity contribution is -0.134. The minimum Gasteiger partial charge on any atom is -0.372 e. The molecule has 0 aromatic carbocycles. The molecule has 4 heterocycles. The van der Waals surface area contributed by atoms with Crippen LogP contribution in [0.25, 0.3) is 0 Å². The summed E-state index contributed by atoms with van der Waals surface area (Å²) in [6.07, 6.45) is 4.08. The Hall–Kier alpha value is -1.38. The van der Waals surface area contributed by atoms with Crippen molar-refractivity contribution >= 4 is 17.7 Å². The van der Waals surface area contributed by atoms with Crippen molar-refractivity contribution < 1.29 is 9.53 Å². The van der Waals surface area contributed by atoms with E-state index in [1.807, 2.05) is 16.7 Å². The number of carbonyl (C=O) groups is 1. The molecule has 4 rings (SSSR count). The lowest BCUT2D eigenvalue weighted by atomic mass is 10.2. The van der Waals surface area contributed by atoms with Gasteiger partial charge < -0.3 is 9.64 Å². The maximum Gasteiger partial charge on any atom is 0.267 e. The van der Waals surface area contributed by atoms with Crippen LogP contribution in [0.5, 0.6) is 0 Å². The summed E-state index contributed by atoms with van der Waals surface area (Å²) >= 11 is 1.87. The van der Waals surface area contributed by atoms with E-state index in [9.17, 15) is 9.59 Å². The van der Waals surface area contributed by atoms with E-state index in [0.717, 1.165) is 74.6 Å². The van der Waals surface area contributed by atoms with Gasteiger partial charge in [-0.15, -0.1) is 0 Å². The molecule has 3 aliphatic rings. The van der Waals surface area contributed by atoms with Gasteiger partial charge in [-0.05, 0) is 37.1 Å². The SMILES string of the molecule is O=C1COCCCN1CCN1CCCC1Cn1nc2c(cc1=O)CSCC2. The quantitative estimate of drug-likeness (QED) is 0.737. The highest BCUT2D eigenvalue weighted by atomic mass is 32.2. The van der Waals surface area contributed by atoms with Gasteiger partial charge in [0.1, 0.15) is 6.61 Å². The van der Waals surface area contributed by atoms with Gasteiger partial charge in [-0.25, -0.2) is 4.68 Å². The van der Waals surface area contributed by atoms with E-state index in [4.69, 9.17) is 4.74 Å². The van der Waals surface area contributed by atoms with Crippen LogP contribution in [0, 0.1) is 0 Å². The van der Waals surface area contributed by atoms with E-state index in [-0.39, 0.29) is 18.1 Å². The molecule has 0 bridgehead atoms. The molecule has 0 N–H and O–H groups in total. The monoisotopic (exact) mass is 392 g/mol. The van der Waals surface area contributed by atoms with E-state index in [1.54, 1.807) is 10.7 Å². The summed E-state index contributed by atoms with van der Waals surface area (Å²) in [5, 5.41) is 4.67. The number of amides is 1. The second-order valence-corrected chi connectivity index (χ2v) is 8.66. The highest BCUT2D eigenvalue weighted by Gasteiger charge is 2.27. The molecule has 7 nitrogen and oxygen atoms in total. The highest BCUT2D eigenvalue weighted by molar-refractivity contribution is 7.98. The average Bonchev–Trinajstić information content (AvgIpc) is 3.00. The number of hydrogen-bond acceptors (Lipinski definition) is 6. The molecule has 148 valence electrons. The number of thioether (sulfide) groups is 1. The molecule has 1 unspecified atom stereocenters. The standard InChI is InChI=1S/C19H28N4O3S/c24-18-11-15-14-27-10-4-17(15)20-23(18)12-16-3-1-5-21(16)7-8-22-6-2-9-26-13-19(22)25/h11,16H,1-10,12-14H2. The first-order valence-corrected chi connectivity index (χ1v) is 11.1. The van der Waals surface area contributed by atoms with Crippen LogP contribution in [-0.2, 0) is 28.2 Å². The fourth-order valence-corrected chi connectivity index (χ4v) is 5.15. The van der Waals surface area contributed by atoms with Crippen LogP contribution in [0.3, 0.4) is 0 Å². The van der Waals surface area contributed by atoms with Crippen molar-refractivity contribution in [2.45, 2.75) is 44.0 Å². The third-order valence-corrected chi connectivity index (χ3v) is 6.75. The van der Waals surface area contributed by atoms with Crippen LogP contribution < -0.4 is 5.56 Å². The van der Waals surface area contributed by atoms with Gasteiger partial charge in [0.2, 0.25) is 5.91 Å². The van der Waals surface area contributed by atoms with Crippen LogP contribution in [0.15, 0.2) is 10.9 Å². The summed E-state index contributed by atoms with van der Waals surface area (Å²) in [5.41, 5.74) is 2.22. The fourth-order valence-electron chi connectivity index (χ4n) is 4.20. The summed E-state index contributed by atoms with van der Waals surface area (Å²) < 4.78 is 6.98. The maximum atomic E-state index is 12.5. The molecule has 2 saturated heterocycles. The van der Waals surface area contributed by atoms with Crippen molar-refractivity contribution in [3.05, 3.63) is 27.7 Å². The second-order valence-electron chi connectivity index (χ2n) is 7.56. The van der Waals surface area contributed by atoms with Crippen molar-refractivity contribution in [2.75, 3.05) is 45.1 Å². The fraction of sp³-hybridized carbons (Fsp3) is 0.737. The molecule has 8 heteroatoms. The number of nitrogens with zero attached hydrogens (tertiary/aromatic N) is 4. The van der Waals surface area contributed by atoms with Gasteiger partial charge in [0.25, 0.3) is 5.56 Å². The van der Waals surface area contributed by atoms with Crippen LogP contribution in [0.2, 0.25) is 0 Å². The molecule has 27 heavy (non-hydrogen) atoms. The predicted octanol–water partition coefficient (Wildman–Crippen LogP) is 0.746. The van der Waals surface area contributed by atoms with E-state index in [1.165, 1.54) is 0 Å². The molecule has 2 fully saturated rings. The third-order valence-electron chi connectivity index (χ3n) is 5.74. The first-order valence-electron chi connectivity index (χ1n) is 9.98. The van der Waals surface area contributed by atoms with Gasteiger partial charge in [0.15, 0.2) is 0 Å². The van der Waals surface area contributed by atoms with Crippen LogP contribution in [0.4, 0.5) is 0 Å². The molecule has 0 saturated carbocycles. The Balaban J connectivity index is 1.38. The minimum atomic E-state index is 0.0166. The van der Waals surface area contributed by atoms with Gasteiger partial charge in [0, 0.05) is 50.5 Å². The molecule has 0 spiro atoms. The van der Waals surface area contributed by atoms with Crippen LogP contribution in [-0.4, -0.2) is 76.7 Å². The zero-order valence-electron chi connectivity index (χ0n) is 15.8. The summed E-state index contributed by atoms with van der Waals surface area (Å²) in [5.74, 6) is 2.08. The zero-order chi connectivity index (χ0) is 18.6. The van der Waals surface area contributed by atoms with E-state index >= 15 is 0 Å². The molecular formula is C19H28N4O3S. The number of ether oxygens (including phenoxy) is 1. The number of aryl methyl sites for hydroxylation is 1. The summed E-state index contributed by atoms with van der Waals surface area (Å²) in [6, 6.07) is 2.11. The third kappa shape index (κ3) is 4.55. The summed E-state index contributed by atoms with van der Waals surface area (Å²) in [4.78, 5) is 28.9. The van der Waals surface area contributed by atoms with Crippen molar-refractivity contribution in [1.82, 2.24) is 19.6 Å². The Morgan fingerprint density at radius 2 is 2.15 bits per heavy atom. The van der Waals surface area contributed by atoms with Gasteiger partial charge in [-0.3, -0.25) is 14.5 Å². The molecule has 0 aliphatic carbocycles. The van der Waals surface area contributed by atoms with Crippen molar-refractivity contribution in [2.24, 2.45) is 0 Å². The zero-order valence-corrected chi connectivity index (χ0v) is 16.6.